The first-order chi connectivity index (χ1) is 18.1. The number of carbonyl (C=O) groups is 1. The van der Waals surface area contributed by atoms with Gasteiger partial charge in [-0.15, -0.1) is 0 Å². The van der Waals surface area contributed by atoms with Crippen molar-refractivity contribution in [1.29, 1.82) is 5.26 Å². The first-order valence-corrected chi connectivity index (χ1v) is 13.5. The summed E-state index contributed by atoms with van der Waals surface area (Å²) in [4.78, 5) is 23.4. The number of ether oxygens (including phenoxy) is 1. The summed E-state index contributed by atoms with van der Waals surface area (Å²) < 4.78 is 5.39. The molecule has 3 aromatic rings. The van der Waals surface area contributed by atoms with Crippen molar-refractivity contribution in [3.05, 3.63) is 59.8 Å². The molecule has 196 valence electrons. The molecule has 0 radical (unpaired) electrons. The smallest absolute Gasteiger partial charge is 0.241 e. The first kappa shape index (κ1) is 26.7. The van der Waals surface area contributed by atoms with E-state index in [9.17, 15) is 10.1 Å². The number of H-pyrrole nitrogens is 1. The lowest BCUT2D eigenvalue weighted by Crippen LogP contribution is -2.50. The van der Waals surface area contributed by atoms with E-state index in [-0.39, 0.29) is 5.91 Å². The van der Waals surface area contributed by atoms with E-state index in [1.54, 1.807) is 7.11 Å². The van der Waals surface area contributed by atoms with Gasteiger partial charge in [0.2, 0.25) is 5.91 Å². The second-order valence-corrected chi connectivity index (χ2v) is 9.86. The predicted octanol–water partition coefficient (Wildman–Crippen LogP) is 4.82. The number of nitrogens with zero attached hydrogens (tertiary/aromatic N) is 4. The standard InChI is InChI=1S/C30H39N5O2/c1-3-4-5-14-35(26-9-6-10-27(20-26)37-2)30(36)23-34-17-15-33(16-18-34)13-7-8-25-22-32-29-12-11-24(21-31)19-28(25)29/h6,9-12,19-20,22,32H,3-5,7-8,13-18,23H2,1-2H3. The van der Waals surface area contributed by atoms with Crippen LogP contribution in [-0.4, -0.2) is 73.6 Å². The zero-order valence-corrected chi connectivity index (χ0v) is 22.2. The van der Waals surface area contributed by atoms with Crippen LogP contribution in [0.4, 0.5) is 5.69 Å². The van der Waals surface area contributed by atoms with Gasteiger partial charge in [-0.25, -0.2) is 0 Å². The highest BCUT2D eigenvalue weighted by atomic mass is 16.5. The number of unbranched alkanes of at least 4 members (excludes halogenated alkanes) is 2. The first-order valence-electron chi connectivity index (χ1n) is 13.5. The SMILES string of the molecule is CCCCCN(C(=O)CN1CCN(CCCc2c[nH]c3ccc(C#N)cc23)CC1)c1cccc(OC)c1. The number of aromatic amines is 1. The van der Waals surface area contributed by atoms with Crippen molar-refractivity contribution in [1.82, 2.24) is 14.8 Å². The van der Waals surface area contributed by atoms with Gasteiger partial charge in [-0.2, -0.15) is 5.26 Å². The molecular weight excluding hydrogens is 462 g/mol. The Morgan fingerprint density at radius 3 is 2.65 bits per heavy atom. The van der Waals surface area contributed by atoms with Gasteiger partial charge in [-0.1, -0.05) is 25.8 Å². The van der Waals surface area contributed by atoms with Crippen molar-refractivity contribution >= 4 is 22.5 Å². The van der Waals surface area contributed by atoms with Crippen molar-refractivity contribution in [3.8, 4) is 11.8 Å². The molecule has 1 N–H and O–H groups in total. The molecule has 1 aliphatic rings. The second-order valence-electron chi connectivity index (χ2n) is 9.86. The molecule has 2 heterocycles. The minimum absolute atomic E-state index is 0.161. The van der Waals surface area contributed by atoms with Crippen molar-refractivity contribution in [2.75, 3.05) is 57.8 Å². The van der Waals surface area contributed by atoms with Crippen LogP contribution < -0.4 is 9.64 Å². The zero-order valence-electron chi connectivity index (χ0n) is 22.2. The Bertz CT molecular complexity index is 1210. The topological polar surface area (TPSA) is 75.6 Å². The van der Waals surface area contributed by atoms with Gasteiger partial charge >= 0.3 is 0 Å². The minimum Gasteiger partial charge on any atom is -0.497 e. The molecule has 37 heavy (non-hydrogen) atoms. The van der Waals surface area contributed by atoms with Crippen LogP contribution in [0.1, 0.15) is 43.7 Å². The monoisotopic (exact) mass is 501 g/mol. The molecule has 1 saturated heterocycles. The number of fused-ring (bicyclic) bond motifs is 1. The molecule has 7 nitrogen and oxygen atoms in total. The van der Waals surface area contributed by atoms with Crippen LogP contribution in [0.5, 0.6) is 5.75 Å². The highest BCUT2D eigenvalue weighted by molar-refractivity contribution is 5.95. The number of rotatable bonds is 12. The number of piperazine rings is 1. The largest absolute Gasteiger partial charge is 0.497 e. The summed E-state index contributed by atoms with van der Waals surface area (Å²) in [6.45, 7) is 8.19. The van der Waals surface area contributed by atoms with Crippen molar-refractivity contribution in [2.24, 2.45) is 0 Å². The highest BCUT2D eigenvalue weighted by Crippen LogP contribution is 2.23. The molecule has 2 aromatic carbocycles. The number of hydrogen-bond acceptors (Lipinski definition) is 5. The predicted molar refractivity (Wildman–Crippen MR) is 149 cm³/mol. The second kappa shape index (κ2) is 13.3. The molecular formula is C30H39N5O2. The highest BCUT2D eigenvalue weighted by Gasteiger charge is 2.23. The maximum atomic E-state index is 13.4. The summed E-state index contributed by atoms with van der Waals surface area (Å²) in [5, 5.41) is 10.4. The Balaban J connectivity index is 1.25. The van der Waals surface area contributed by atoms with E-state index in [1.165, 1.54) is 5.56 Å². The van der Waals surface area contributed by atoms with Gasteiger partial charge in [0.15, 0.2) is 0 Å². The molecule has 1 fully saturated rings. The van der Waals surface area contributed by atoms with Crippen molar-refractivity contribution in [2.45, 2.75) is 39.0 Å². The molecule has 0 atom stereocenters. The van der Waals surface area contributed by atoms with Gasteiger partial charge in [0.25, 0.3) is 0 Å². The summed E-state index contributed by atoms with van der Waals surface area (Å²) in [6.07, 6.45) is 7.38. The number of anilines is 1. The van der Waals surface area contributed by atoms with Crippen LogP contribution in [0, 0.1) is 11.3 Å². The summed E-state index contributed by atoms with van der Waals surface area (Å²) in [6, 6.07) is 15.9. The lowest BCUT2D eigenvalue weighted by molar-refractivity contribution is -0.120. The molecule has 0 saturated carbocycles. The number of benzene rings is 2. The molecule has 0 spiro atoms. The van der Waals surface area contributed by atoms with Gasteiger partial charge in [-0.3, -0.25) is 9.69 Å². The number of aryl methyl sites for hydroxylation is 1. The fourth-order valence-electron chi connectivity index (χ4n) is 5.09. The van der Waals surface area contributed by atoms with Crippen LogP contribution in [0.15, 0.2) is 48.7 Å². The summed E-state index contributed by atoms with van der Waals surface area (Å²) >= 11 is 0. The number of carbonyl (C=O) groups excluding carboxylic acids is 1. The summed E-state index contributed by atoms with van der Waals surface area (Å²) in [5.41, 5.74) is 3.98. The molecule has 0 aliphatic carbocycles. The van der Waals surface area contributed by atoms with E-state index in [0.29, 0.717) is 12.1 Å². The number of nitriles is 1. The summed E-state index contributed by atoms with van der Waals surface area (Å²) in [5.74, 6) is 0.937. The maximum Gasteiger partial charge on any atom is 0.241 e. The lowest BCUT2D eigenvalue weighted by Gasteiger charge is -2.35. The van der Waals surface area contributed by atoms with Gasteiger partial charge < -0.3 is 19.5 Å². The molecule has 1 amide bonds. The lowest BCUT2D eigenvalue weighted by atomic mass is 10.1. The average Bonchev–Trinajstić information content (AvgIpc) is 3.34. The van der Waals surface area contributed by atoms with Crippen molar-refractivity contribution in [3.63, 3.8) is 0 Å². The molecule has 1 aliphatic heterocycles. The average molecular weight is 502 g/mol. The number of amides is 1. The van der Waals surface area contributed by atoms with Crippen LogP contribution in [0.25, 0.3) is 10.9 Å². The molecule has 0 unspecified atom stereocenters. The molecule has 7 heteroatoms. The van der Waals surface area contributed by atoms with Crippen LogP contribution in [0.3, 0.4) is 0 Å². The van der Waals surface area contributed by atoms with Gasteiger partial charge in [0.05, 0.1) is 25.3 Å². The normalized spacial score (nSPS) is 14.5. The molecule has 1 aromatic heterocycles. The summed E-state index contributed by atoms with van der Waals surface area (Å²) in [7, 11) is 1.66. The van der Waals surface area contributed by atoms with E-state index in [0.717, 1.165) is 93.7 Å². The van der Waals surface area contributed by atoms with E-state index in [2.05, 4.69) is 34.0 Å². The van der Waals surface area contributed by atoms with Crippen LogP contribution in [-0.2, 0) is 11.2 Å². The van der Waals surface area contributed by atoms with Gasteiger partial charge in [0, 0.05) is 61.6 Å². The molecule has 0 bridgehead atoms. The fourth-order valence-corrected chi connectivity index (χ4v) is 5.09. The third kappa shape index (κ3) is 7.12. The third-order valence-corrected chi connectivity index (χ3v) is 7.29. The van der Waals surface area contributed by atoms with E-state index in [1.807, 2.05) is 47.4 Å². The molecule has 4 rings (SSSR count). The number of methoxy groups -OCH3 is 1. The van der Waals surface area contributed by atoms with Gasteiger partial charge in [-0.05, 0) is 61.7 Å². The Labute approximate surface area is 220 Å². The fraction of sp³-hybridized carbons (Fsp3) is 0.467. The van der Waals surface area contributed by atoms with E-state index < -0.39 is 0 Å². The maximum absolute atomic E-state index is 13.4. The number of aromatic nitrogens is 1. The van der Waals surface area contributed by atoms with E-state index >= 15 is 0 Å². The van der Waals surface area contributed by atoms with Gasteiger partial charge in [0.1, 0.15) is 5.75 Å². The van der Waals surface area contributed by atoms with Crippen molar-refractivity contribution < 1.29 is 9.53 Å². The minimum atomic E-state index is 0.161. The number of hydrogen-bond donors (Lipinski definition) is 1. The third-order valence-electron chi connectivity index (χ3n) is 7.29. The Morgan fingerprint density at radius 1 is 1.08 bits per heavy atom. The number of nitrogens with one attached hydrogen (secondary N) is 1. The quantitative estimate of drug-likeness (QED) is 0.360. The Morgan fingerprint density at radius 2 is 1.89 bits per heavy atom. The van der Waals surface area contributed by atoms with Crippen LogP contribution in [0.2, 0.25) is 0 Å². The zero-order chi connectivity index (χ0) is 26.0. The van der Waals surface area contributed by atoms with E-state index in [4.69, 9.17) is 4.74 Å². The Kier molecular flexibility index (Phi) is 9.58. The van der Waals surface area contributed by atoms with Crippen LogP contribution >= 0.6 is 0 Å². The Hall–Kier alpha value is -3.34.